The number of rotatable bonds is 3. The third-order valence-electron chi connectivity index (χ3n) is 7.11. The van der Waals surface area contributed by atoms with E-state index < -0.39 is 5.89 Å². The van der Waals surface area contributed by atoms with Crippen LogP contribution >= 0.6 is 11.3 Å². The van der Waals surface area contributed by atoms with Gasteiger partial charge in [-0.15, -0.1) is 59.2 Å². The van der Waals surface area contributed by atoms with Crippen LogP contribution in [0.15, 0.2) is 91.2 Å². The number of pyridine rings is 2. The van der Waals surface area contributed by atoms with Gasteiger partial charge in [0.25, 0.3) is 0 Å². The summed E-state index contributed by atoms with van der Waals surface area (Å²) < 4.78 is 36.6. The van der Waals surface area contributed by atoms with Gasteiger partial charge in [0.05, 0.1) is 4.11 Å². The Kier molecular flexibility index (Phi) is 7.64. The average molecular weight is 721 g/mol. The topological polar surface area (TPSA) is 25.8 Å². The average Bonchev–Trinajstić information content (AvgIpc) is 3.38. The molecule has 0 saturated heterocycles. The van der Waals surface area contributed by atoms with Crippen LogP contribution in [0.3, 0.4) is 0 Å². The molecule has 0 bridgehead atoms. The van der Waals surface area contributed by atoms with Crippen LogP contribution in [0.5, 0.6) is 0 Å². The molecule has 0 amide bonds. The summed E-state index contributed by atoms with van der Waals surface area (Å²) in [5.41, 5.74) is 5.69. The van der Waals surface area contributed by atoms with E-state index in [1.165, 1.54) is 21.2 Å². The smallest absolute Gasteiger partial charge is 0.0833 e. The second kappa shape index (κ2) is 13.0. The molecular weight excluding hydrogens is 685 g/mol. The molecule has 7 rings (SSSR count). The van der Waals surface area contributed by atoms with Crippen LogP contribution in [-0.4, -0.2) is 9.97 Å². The van der Waals surface area contributed by atoms with E-state index in [1.807, 2.05) is 55.6 Å². The number of fused-ring (bicyclic) bond motifs is 3. The maximum absolute atomic E-state index is 8.82. The van der Waals surface area contributed by atoms with Gasteiger partial charge < -0.3 is 9.97 Å². The molecule has 0 spiro atoms. The van der Waals surface area contributed by atoms with Crippen molar-refractivity contribution in [1.29, 1.82) is 0 Å². The summed E-state index contributed by atoms with van der Waals surface area (Å²) in [6.07, 6.45) is 6.04. The molecule has 3 aromatic heterocycles. The number of aromatic nitrogens is 2. The number of aryl methyl sites for hydroxylation is 2. The Bertz CT molecular complexity index is 1870. The van der Waals surface area contributed by atoms with Gasteiger partial charge in [-0.3, -0.25) is 0 Å². The first-order chi connectivity index (χ1) is 20.7. The van der Waals surface area contributed by atoms with Crippen LogP contribution in [0, 0.1) is 26.0 Å². The normalized spacial score (nSPS) is 15.7. The van der Waals surface area contributed by atoms with E-state index in [1.54, 1.807) is 11.3 Å². The molecule has 203 valence electrons. The zero-order valence-electron chi connectivity index (χ0n) is 26.6. The predicted octanol–water partition coefficient (Wildman–Crippen LogP) is 10.1. The predicted molar refractivity (Wildman–Crippen MR) is 165 cm³/mol. The first kappa shape index (κ1) is 23.5. The van der Waals surface area contributed by atoms with E-state index in [9.17, 15) is 0 Å². The van der Waals surface area contributed by atoms with Gasteiger partial charge in [0.2, 0.25) is 0 Å². The van der Waals surface area contributed by atoms with Gasteiger partial charge in [-0.1, -0.05) is 74.0 Å². The molecule has 0 N–H and O–H groups in total. The van der Waals surface area contributed by atoms with Crippen LogP contribution in [-0.2, 0) is 20.1 Å². The molecule has 2 nitrogen and oxygen atoms in total. The molecule has 0 unspecified atom stereocenters. The number of hydrogen-bond acceptors (Lipinski definition) is 3. The Morgan fingerprint density at radius 2 is 1.62 bits per heavy atom. The van der Waals surface area contributed by atoms with E-state index in [0.717, 1.165) is 40.6 Å². The largest absolute Gasteiger partial charge is 0.304 e. The van der Waals surface area contributed by atoms with Gasteiger partial charge in [-0.05, 0) is 64.3 Å². The molecule has 3 heterocycles. The van der Waals surface area contributed by atoms with Crippen molar-refractivity contribution in [3.8, 4) is 22.5 Å². The van der Waals surface area contributed by atoms with Gasteiger partial charge in [-0.25, -0.2) is 0 Å². The molecule has 0 aliphatic heterocycles. The number of thiophene rings is 1. The van der Waals surface area contributed by atoms with Crippen LogP contribution in [0.25, 0.3) is 42.7 Å². The van der Waals surface area contributed by atoms with Gasteiger partial charge in [0.15, 0.2) is 0 Å². The van der Waals surface area contributed by atoms with E-state index in [2.05, 4.69) is 53.3 Å². The standard InChI is InChI=1S/C23H20NS.C13H12N.Ir/c1-2-6-16(7-3-1)18-11-13-21(24-15-18)17-10-12-20-19-8-4-5-9-22(19)25-23(20)14-17;1-10-3-6-12(7-4-10)13-8-5-11(2)9-14-13;/h4-5,8-13,15-16H,1-3,6-7H2;3-6,8-9H,1-2H3;/q2*-1;/i11D,13D,15D,16D;;. The first-order valence-corrected chi connectivity index (χ1v) is 14.3. The minimum Gasteiger partial charge on any atom is -0.304 e. The van der Waals surface area contributed by atoms with Crippen molar-refractivity contribution in [2.24, 2.45) is 0 Å². The SMILES string of the molecule is Cc1c[c-]c(-c2ccc(C)cn2)cc1.[2H]c1nc(-c2[c-]c3sc4ccccc4c3cc2)c([2H])c([2H])c1C1([2H])CCCCC1.[Ir]. The third-order valence-corrected chi connectivity index (χ3v) is 8.21. The monoisotopic (exact) mass is 721 g/mol. The van der Waals surface area contributed by atoms with Crippen LogP contribution < -0.4 is 0 Å². The van der Waals surface area contributed by atoms with Gasteiger partial charge in [-0.2, -0.15) is 11.3 Å². The minimum absolute atomic E-state index is 0. The molecule has 3 aromatic carbocycles. The van der Waals surface area contributed by atoms with Crippen molar-refractivity contribution in [2.45, 2.75) is 51.8 Å². The van der Waals surface area contributed by atoms with E-state index >= 15 is 0 Å². The van der Waals surface area contributed by atoms with Crippen LogP contribution in [0.2, 0.25) is 0 Å². The van der Waals surface area contributed by atoms with Crippen molar-refractivity contribution >= 4 is 31.5 Å². The fourth-order valence-electron chi connectivity index (χ4n) is 4.89. The van der Waals surface area contributed by atoms with Gasteiger partial charge >= 0.3 is 0 Å². The Hall–Kier alpha value is -3.17. The first-order valence-electron chi connectivity index (χ1n) is 15.5. The fraction of sp³-hybridized carbons (Fsp3) is 0.222. The maximum Gasteiger partial charge on any atom is 0.0833 e. The minimum atomic E-state index is -0.965. The summed E-state index contributed by atoms with van der Waals surface area (Å²) in [5, 5.41) is 2.29. The molecule has 6 aromatic rings. The summed E-state index contributed by atoms with van der Waals surface area (Å²) in [7, 11) is 0. The summed E-state index contributed by atoms with van der Waals surface area (Å²) >= 11 is 1.64. The number of benzene rings is 3. The van der Waals surface area contributed by atoms with E-state index in [-0.39, 0.29) is 38.4 Å². The summed E-state index contributed by atoms with van der Waals surface area (Å²) in [6.45, 7) is 4.10. The molecule has 4 heteroatoms. The van der Waals surface area contributed by atoms with Crippen molar-refractivity contribution in [2.75, 3.05) is 0 Å². The Morgan fingerprint density at radius 1 is 0.825 bits per heavy atom. The maximum atomic E-state index is 8.82. The second-order valence-corrected chi connectivity index (χ2v) is 11.1. The number of hydrogen-bond donors (Lipinski definition) is 0. The zero-order valence-corrected chi connectivity index (χ0v) is 25.8. The summed E-state index contributed by atoms with van der Waals surface area (Å²) in [4.78, 5) is 8.74. The van der Waals surface area contributed by atoms with E-state index in [4.69, 9.17) is 5.48 Å². The fourth-order valence-corrected chi connectivity index (χ4v) is 6.00. The molecular formula is C36H32IrN2S-2. The molecule has 1 radical (unpaired) electrons. The van der Waals surface area contributed by atoms with Crippen molar-refractivity contribution < 1.29 is 25.6 Å². The number of nitrogens with zero attached hydrogens (tertiary/aromatic N) is 2. The van der Waals surface area contributed by atoms with Crippen molar-refractivity contribution in [3.63, 3.8) is 0 Å². The molecule has 1 saturated carbocycles. The third kappa shape index (κ3) is 6.41. The quantitative estimate of drug-likeness (QED) is 0.170. The summed E-state index contributed by atoms with van der Waals surface area (Å²) in [6, 6.07) is 28.8. The zero-order chi connectivity index (χ0) is 30.1. The Morgan fingerprint density at radius 3 is 2.40 bits per heavy atom. The molecule has 40 heavy (non-hydrogen) atoms. The van der Waals surface area contributed by atoms with Gasteiger partial charge in [0.1, 0.15) is 0 Å². The van der Waals surface area contributed by atoms with Crippen molar-refractivity contribution in [1.82, 2.24) is 9.97 Å². The molecule has 1 fully saturated rings. The van der Waals surface area contributed by atoms with Crippen LogP contribution in [0.1, 0.15) is 60.2 Å². The molecule has 1 aliphatic rings. The van der Waals surface area contributed by atoms with Crippen LogP contribution in [0.4, 0.5) is 0 Å². The Labute approximate surface area is 260 Å². The summed E-state index contributed by atoms with van der Waals surface area (Å²) in [5.74, 6) is -0.965. The second-order valence-electron chi connectivity index (χ2n) is 10.1. The molecule has 1 aliphatic carbocycles. The van der Waals surface area contributed by atoms with Gasteiger partial charge in [0, 0.05) is 38.5 Å². The Balaban J connectivity index is 0.000000216. The van der Waals surface area contributed by atoms with E-state index in [0.29, 0.717) is 29.7 Å². The molecule has 0 atom stereocenters. The van der Waals surface area contributed by atoms with Crippen molar-refractivity contribution in [3.05, 3.63) is 120 Å².